The highest BCUT2D eigenvalue weighted by Gasteiger charge is 2.07. The summed E-state index contributed by atoms with van der Waals surface area (Å²) in [5, 5.41) is 16.7. The average molecular weight is 308 g/mol. The first-order valence-electron chi connectivity index (χ1n) is 7.17. The topological polar surface area (TPSA) is 70.6 Å². The van der Waals surface area contributed by atoms with Gasteiger partial charge in [0.2, 0.25) is 0 Å². The van der Waals surface area contributed by atoms with E-state index in [0.29, 0.717) is 16.8 Å². The van der Waals surface area contributed by atoms with Crippen molar-refractivity contribution >= 4 is 22.5 Å². The SMILES string of the molecule is O=C(NCOc1ccccc1)Nc1cccc2c(O)cccc12. The Morgan fingerprint density at radius 2 is 1.65 bits per heavy atom. The van der Waals surface area contributed by atoms with Gasteiger partial charge >= 0.3 is 6.03 Å². The largest absolute Gasteiger partial charge is 0.507 e. The molecular weight excluding hydrogens is 292 g/mol. The van der Waals surface area contributed by atoms with Gasteiger partial charge in [-0.15, -0.1) is 0 Å². The minimum absolute atomic E-state index is 0.0614. The van der Waals surface area contributed by atoms with E-state index in [1.807, 2.05) is 36.4 Å². The van der Waals surface area contributed by atoms with Crippen molar-refractivity contribution in [2.75, 3.05) is 12.0 Å². The molecular formula is C18H16N2O3. The van der Waals surface area contributed by atoms with Crippen molar-refractivity contribution in [1.29, 1.82) is 0 Å². The van der Waals surface area contributed by atoms with Crippen molar-refractivity contribution in [2.45, 2.75) is 0 Å². The second kappa shape index (κ2) is 6.70. The van der Waals surface area contributed by atoms with E-state index in [0.717, 1.165) is 5.39 Å². The van der Waals surface area contributed by atoms with Gasteiger partial charge in [0.05, 0.1) is 5.69 Å². The summed E-state index contributed by atoms with van der Waals surface area (Å²) in [5.74, 6) is 0.863. The quantitative estimate of drug-likeness (QED) is 0.644. The molecule has 0 spiro atoms. The normalized spacial score (nSPS) is 10.3. The van der Waals surface area contributed by atoms with E-state index in [4.69, 9.17) is 4.74 Å². The lowest BCUT2D eigenvalue weighted by Crippen LogP contribution is -2.32. The Labute approximate surface area is 133 Å². The molecule has 0 saturated carbocycles. The van der Waals surface area contributed by atoms with Crippen LogP contribution in [0.3, 0.4) is 0 Å². The number of hydrogen-bond acceptors (Lipinski definition) is 3. The van der Waals surface area contributed by atoms with Gasteiger partial charge in [0, 0.05) is 10.8 Å². The first kappa shape index (κ1) is 14.7. The van der Waals surface area contributed by atoms with Crippen LogP contribution in [0.25, 0.3) is 10.8 Å². The fraction of sp³-hybridized carbons (Fsp3) is 0.0556. The second-order valence-corrected chi connectivity index (χ2v) is 4.91. The predicted octanol–water partition coefficient (Wildman–Crippen LogP) is 3.70. The van der Waals surface area contributed by atoms with E-state index >= 15 is 0 Å². The number of carbonyl (C=O) groups excluding carboxylic acids is 1. The molecule has 0 atom stereocenters. The monoisotopic (exact) mass is 308 g/mol. The van der Waals surface area contributed by atoms with Crippen LogP contribution in [-0.4, -0.2) is 17.9 Å². The summed E-state index contributed by atoms with van der Waals surface area (Å²) >= 11 is 0. The number of ether oxygens (including phenoxy) is 1. The van der Waals surface area contributed by atoms with Gasteiger partial charge in [-0.05, 0) is 24.3 Å². The van der Waals surface area contributed by atoms with Crippen LogP contribution in [0.5, 0.6) is 11.5 Å². The molecule has 23 heavy (non-hydrogen) atoms. The van der Waals surface area contributed by atoms with Gasteiger partial charge in [0.15, 0.2) is 6.73 Å². The van der Waals surface area contributed by atoms with Crippen molar-refractivity contribution in [2.24, 2.45) is 0 Å². The maximum absolute atomic E-state index is 12.0. The zero-order valence-electron chi connectivity index (χ0n) is 12.3. The first-order chi connectivity index (χ1) is 11.2. The molecule has 5 nitrogen and oxygen atoms in total. The molecule has 0 aromatic heterocycles. The third kappa shape index (κ3) is 3.52. The molecule has 0 fully saturated rings. The van der Waals surface area contributed by atoms with E-state index in [9.17, 15) is 9.90 Å². The van der Waals surface area contributed by atoms with Crippen molar-refractivity contribution in [3.05, 3.63) is 66.7 Å². The zero-order valence-corrected chi connectivity index (χ0v) is 12.3. The van der Waals surface area contributed by atoms with E-state index in [2.05, 4.69) is 10.6 Å². The van der Waals surface area contributed by atoms with Crippen LogP contribution in [0.2, 0.25) is 0 Å². The van der Waals surface area contributed by atoms with Crippen LogP contribution in [0.4, 0.5) is 10.5 Å². The summed E-state index contributed by atoms with van der Waals surface area (Å²) in [4.78, 5) is 12.0. The fourth-order valence-corrected chi connectivity index (χ4v) is 2.27. The van der Waals surface area contributed by atoms with Gasteiger partial charge in [-0.2, -0.15) is 0 Å². The van der Waals surface area contributed by atoms with Crippen LogP contribution in [0.1, 0.15) is 0 Å². The highest BCUT2D eigenvalue weighted by atomic mass is 16.5. The smallest absolute Gasteiger partial charge is 0.321 e. The average Bonchev–Trinajstić information content (AvgIpc) is 2.57. The molecule has 0 aliphatic heterocycles. The number of urea groups is 1. The number of rotatable bonds is 4. The molecule has 0 heterocycles. The van der Waals surface area contributed by atoms with Gasteiger partial charge in [-0.1, -0.05) is 42.5 Å². The molecule has 116 valence electrons. The van der Waals surface area contributed by atoms with E-state index in [1.54, 1.807) is 30.3 Å². The number of anilines is 1. The van der Waals surface area contributed by atoms with Crippen molar-refractivity contribution < 1.29 is 14.6 Å². The number of fused-ring (bicyclic) bond motifs is 1. The molecule has 0 bridgehead atoms. The van der Waals surface area contributed by atoms with Gasteiger partial charge in [-0.3, -0.25) is 0 Å². The second-order valence-electron chi connectivity index (χ2n) is 4.91. The Bertz CT molecular complexity index is 819. The van der Waals surface area contributed by atoms with Crippen molar-refractivity contribution in [1.82, 2.24) is 5.32 Å². The number of aromatic hydroxyl groups is 1. The van der Waals surface area contributed by atoms with E-state index < -0.39 is 0 Å². The molecule has 0 aliphatic rings. The maximum atomic E-state index is 12.0. The Morgan fingerprint density at radius 3 is 2.48 bits per heavy atom. The van der Waals surface area contributed by atoms with Crippen LogP contribution < -0.4 is 15.4 Å². The number of phenols is 1. The number of phenolic OH excluding ortho intramolecular Hbond substituents is 1. The Hall–Kier alpha value is -3.21. The van der Waals surface area contributed by atoms with Crippen LogP contribution >= 0.6 is 0 Å². The number of carbonyl (C=O) groups is 1. The lowest BCUT2D eigenvalue weighted by molar-refractivity contribution is 0.234. The Balaban J connectivity index is 1.63. The fourth-order valence-electron chi connectivity index (χ4n) is 2.27. The lowest BCUT2D eigenvalue weighted by Gasteiger charge is -2.11. The van der Waals surface area contributed by atoms with E-state index in [-0.39, 0.29) is 18.5 Å². The summed E-state index contributed by atoms with van der Waals surface area (Å²) in [7, 11) is 0. The van der Waals surface area contributed by atoms with Crippen LogP contribution in [0.15, 0.2) is 66.7 Å². The van der Waals surface area contributed by atoms with Gasteiger partial charge in [-0.25, -0.2) is 4.79 Å². The Morgan fingerprint density at radius 1 is 0.913 bits per heavy atom. The maximum Gasteiger partial charge on any atom is 0.321 e. The highest BCUT2D eigenvalue weighted by molar-refractivity contribution is 6.03. The predicted molar refractivity (Wildman–Crippen MR) is 89.7 cm³/mol. The van der Waals surface area contributed by atoms with Crippen LogP contribution in [0, 0.1) is 0 Å². The molecule has 3 aromatic carbocycles. The van der Waals surface area contributed by atoms with E-state index in [1.165, 1.54) is 0 Å². The number of amides is 2. The summed E-state index contributed by atoms with van der Waals surface area (Å²) in [6.45, 7) is 0.0614. The van der Waals surface area contributed by atoms with Gasteiger partial charge in [0.1, 0.15) is 11.5 Å². The minimum atomic E-state index is -0.378. The molecule has 2 amide bonds. The molecule has 0 unspecified atom stereocenters. The third-order valence-electron chi connectivity index (χ3n) is 3.36. The molecule has 3 aromatic rings. The summed E-state index contributed by atoms with van der Waals surface area (Å²) in [5.41, 5.74) is 0.621. The number of benzene rings is 3. The third-order valence-corrected chi connectivity index (χ3v) is 3.36. The summed E-state index contributed by atoms with van der Waals surface area (Å²) in [6.07, 6.45) is 0. The molecule has 3 N–H and O–H groups in total. The number of hydrogen-bond donors (Lipinski definition) is 3. The van der Waals surface area contributed by atoms with Gasteiger partial charge < -0.3 is 20.5 Å². The summed E-state index contributed by atoms with van der Waals surface area (Å²) < 4.78 is 5.41. The van der Waals surface area contributed by atoms with Crippen molar-refractivity contribution in [3.8, 4) is 11.5 Å². The molecule has 5 heteroatoms. The first-order valence-corrected chi connectivity index (χ1v) is 7.17. The number of nitrogens with one attached hydrogen (secondary N) is 2. The Kier molecular flexibility index (Phi) is 4.29. The van der Waals surface area contributed by atoms with Crippen molar-refractivity contribution in [3.63, 3.8) is 0 Å². The summed E-state index contributed by atoms with van der Waals surface area (Å²) in [6, 6.07) is 19.4. The number of para-hydroxylation sites is 1. The van der Waals surface area contributed by atoms with Crippen LogP contribution in [-0.2, 0) is 0 Å². The zero-order chi connectivity index (χ0) is 16.1. The molecule has 0 aliphatic carbocycles. The molecule has 0 radical (unpaired) electrons. The molecule has 3 rings (SSSR count). The van der Waals surface area contributed by atoms with Gasteiger partial charge in [0.25, 0.3) is 0 Å². The molecule has 0 saturated heterocycles. The minimum Gasteiger partial charge on any atom is -0.507 e. The highest BCUT2D eigenvalue weighted by Crippen LogP contribution is 2.29. The standard InChI is InChI=1S/C18H16N2O3/c21-17-11-5-8-14-15(17)9-4-10-16(14)20-18(22)19-12-23-13-6-2-1-3-7-13/h1-11,21H,12H2,(H2,19,20,22). The lowest BCUT2D eigenvalue weighted by atomic mass is 10.1.